The minimum absolute atomic E-state index is 0. The van der Waals surface area contributed by atoms with E-state index < -0.39 is 24.1 Å². The zero-order valence-corrected chi connectivity index (χ0v) is 6.64. The van der Waals surface area contributed by atoms with Crippen molar-refractivity contribution in [1.29, 1.82) is 0 Å². The summed E-state index contributed by atoms with van der Waals surface area (Å²) in [4.78, 5) is 15.4. The van der Waals surface area contributed by atoms with Crippen LogP contribution in [-0.4, -0.2) is 4.89 Å². The van der Waals surface area contributed by atoms with E-state index in [1.807, 2.05) is 0 Å². The SMILES string of the molecule is O=P([O-])(O)F.[Li+].[O]=[V]=[O]. The second kappa shape index (κ2) is 8.86. The van der Waals surface area contributed by atoms with Crippen LogP contribution in [-0.2, 0) is 28.1 Å². The zero-order chi connectivity index (χ0) is 7.21. The van der Waals surface area contributed by atoms with Gasteiger partial charge in [-0.3, -0.25) is 4.57 Å². The normalized spacial score (nSPS) is 12.8. The second-order valence-electron chi connectivity index (χ2n) is 0.526. The van der Waals surface area contributed by atoms with Crippen molar-refractivity contribution in [2.75, 3.05) is 0 Å². The third-order valence-corrected chi connectivity index (χ3v) is 0. The average Bonchev–Trinajstić information content (AvgIpc) is 1.27. The molecule has 1 atom stereocenters. The molecule has 0 aromatic heterocycles. The van der Waals surface area contributed by atoms with Gasteiger partial charge >= 0.3 is 50.3 Å². The molecular weight excluding hydrogens is 188 g/mol. The fourth-order valence-electron chi connectivity index (χ4n) is 0. The molecule has 0 saturated carbocycles. The quantitative estimate of drug-likeness (QED) is 0.311. The molecule has 0 aromatic carbocycles. The summed E-state index contributed by atoms with van der Waals surface area (Å²) in [6, 6.07) is 0. The van der Waals surface area contributed by atoms with Crippen LogP contribution in [0.15, 0.2) is 0 Å². The van der Waals surface area contributed by atoms with E-state index in [0.717, 1.165) is 0 Å². The fraction of sp³-hybridized carbons (Fsp3) is 0. The predicted octanol–water partition coefficient (Wildman–Crippen LogP) is -3.82. The Morgan fingerprint density at radius 3 is 1.56 bits per heavy atom. The summed E-state index contributed by atoms with van der Waals surface area (Å²) in [5.74, 6) is 0. The van der Waals surface area contributed by atoms with Gasteiger partial charge in [0.2, 0.25) is 0 Å². The molecule has 1 unspecified atom stereocenters. The van der Waals surface area contributed by atoms with Crippen LogP contribution in [0.25, 0.3) is 0 Å². The molecule has 0 heterocycles. The summed E-state index contributed by atoms with van der Waals surface area (Å²) in [7, 11) is -5.39. The van der Waals surface area contributed by atoms with Crippen LogP contribution in [0.3, 0.4) is 0 Å². The van der Waals surface area contributed by atoms with Gasteiger partial charge in [-0.15, -0.1) is 0 Å². The van der Waals surface area contributed by atoms with E-state index in [1.165, 1.54) is 0 Å². The summed E-state index contributed by atoms with van der Waals surface area (Å²) in [5.41, 5.74) is 0. The Morgan fingerprint density at radius 2 is 1.56 bits per heavy atom. The van der Waals surface area contributed by atoms with Crippen LogP contribution in [0.2, 0.25) is 0 Å². The monoisotopic (exact) mass is 189 g/mol. The Labute approximate surface area is 69.0 Å². The molecule has 0 aromatic rings. The minimum atomic E-state index is -5.39. The molecule has 0 bridgehead atoms. The van der Waals surface area contributed by atoms with Crippen molar-refractivity contribution in [2.24, 2.45) is 0 Å². The Hall–Kier alpha value is 0.862. The first kappa shape index (κ1) is 16.4. The summed E-state index contributed by atoms with van der Waals surface area (Å²) in [5, 5.41) is 0. The first-order valence-corrected chi connectivity index (χ1v) is 3.71. The molecule has 0 aliphatic carbocycles. The molecule has 0 aliphatic rings. The Morgan fingerprint density at radius 1 is 1.56 bits per heavy atom. The number of hydrogen-bond donors (Lipinski definition) is 1. The molecular formula is HFLiO5PV. The van der Waals surface area contributed by atoms with E-state index in [-0.39, 0.29) is 18.9 Å². The van der Waals surface area contributed by atoms with E-state index >= 15 is 0 Å². The molecule has 1 N–H and O–H groups in total. The van der Waals surface area contributed by atoms with Crippen molar-refractivity contribution in [3.63, 3.8) is 0 Å². The van der Waals surface area contributed by atoms with Crippen LogP contribution in [0.1, 0.15) is 0 Å². The van der Waals surface area contributed by atoms with Crippen LogP contribution in [0, 0.1) is 0 Å². The van der Waals surface area contributed by atoms with Crippen molar-refractivity contribution >= 4 is 7.91 Å². The van der Waals surface area contributed by atoms with Crippen molar-refractivity contribution < 1.29 is 60.9 Å². The molecule has 0 rings (SSSR count). The molecule has 49 valence electrons. The number of rotatable bonds is 0. The first-order chi connectivity index (χ1) is 3.41. The van der Waals surface area contributed by atoms with Gasteiger partial charge in [0.25, 0.3) is 0 Å². The molecule has 0 amide bonds. The third kappa shape index (κ3) is 562. The van der Waals surface area contributed by atoms with Crippen LogP contribution in [0.4, 0.5) is 4.20 Å². The fourth-order valence-corrected chi connectivity index (χ4v) is 0. The van der Waals surface area contributed by atoms with Gasteiger partial charge in [-0.25, -0.2) is 0 Å². The van der Waals surface area contributed by atoms with E-state index in [2.05, 4.69) is 0 Å². The molecule has 9 heteroatoms. The first-order valence-electron chi connectivity index (χ1n) is 1.10. The van der Waals surface area contributed by atoms with Crippen molar-refractivity contribution in [3.05, 3.63) is 0 Å². The molecule has 5 nitrogen and oxygen atoms in total. The van der Waals surface area contributed by atoms with Crippen LogP contribution in [0.5, 0.6) is 0 Å². The molecule has 0 fully saturated rings. The Kier molecular flexibility index (Phi) is 16.2. The summed E-state index contributed by atoms with van der Waals surface area (Å²) in [6.45, 7) is 0. The van der Waals surface area contributed by atoms with Gasteiger partial charge in [-0.05, 0) is 0 Å². The van der Waals surface area contributed by atoms with E-state index in [9.17, 15) is 4.20 Å². The molecule has 9 heavy (non-hydrogen) atoms. The predicted molar refractivity (Wildman–Crippen MR) is 12.3 cm³/mol. The van der Waals surface area contributed by atoms with Gasteiger partial charge in [0.1, 0.15) is 0 Å². The molecule has 0 saturated heterocycles. The van der Waals surface area contributed by atoms with E-state index in [1.54, 1.807) is 0 Å². The molecule has 0 spiro atoms. The zero-order valence-electron chi connectivity index (χ0n) is 4.35. The van der Waals surface area contributed by atoms with Gasteiger partial charge in [0.15, 0.2) is 0 Å². The topological polar surface area (TPSA) is 94.5 Å². The van der Waals surface area contributed by atoms with Gasteiger partial charge in [-0.2, -0.15) is 4.20 Å². The Balaban J connectivity index is -0.0000000800. The van der Waals surface area contributed by atoms with Crippen molar-refractivity contribution in [3.8, 4) is 0 Å². The average molecular weight is 189 g/mol. The Bertz CT molecular complexity index is 115. The maximum atomic E-state index is 10.2. The summed E-state index contributed by atoms with van der Waals surface area (Å²) >= 11 is -1.81. The standard InChI is InChI=1S/FH2O3P.Li.2O.V/c1-5(2,3)4;;;;/h(H2,2,3,4);;;;/q;+1;;;/p-1. The van der Waals surface area contributed by atoms with Gasteiger partial charge in [0.05, 0.1) is 0 Å². The van der Waals surface area contributed by atoms with Gasteiger partial charge in [-0.1, -0.05) is 0 Å². The van der Waals surface area contributed by atoms with E-state index in [4.69, 9.17) is 21.7 Å². The second-order valence-corrected chi connectivity index (χ2v) is 1.66. The van der Waals surface area contributed by atoms with Crippen LogP contribution < -0.4 is 23.8 Å². The van der Waals surface area contributed by atoms with Gasteiger partial charge < -0.3 is 9.79 Å². The number of hydrogen-bond acceptors (Lipinski definition) is 4. The maximum absolute atomic E-state index is 10.2. The summed E-state index contributed by atoms with van der Waals surface area (Å²) < 4.78 is 35.7. The third-order valence-electron chi connectivity index (χ3n) is 0. The van der Waals surface area contributed by atoms with Crippen molar-refractivity contribution in [1.82, 2.24) is 0 Å². The van der Waals surface area contributed by atoms with Gasteiger partial charge in [0, 0.05) is 0 Å². The molecule has 0 radical (unpaired) electrons. The molecule has 0 aliphatic heterocycles. The summed E-state index contributed by atoms with van der Waals surface area (Å²) in [6.07, 6.45) is 0. The van der Waals surface area contributed by atoms with Crippen molar-refractivity contribution in [2.45, 2.75) is 0 Å². The number of halogens is 1. The van der Waals surface area contributed by atoms with E-state index in [0.29, 0.717) is 0 Å². The van der Waals surface area contributed by atoms with Crippen LogP contribution >= 0.6 is 7.91 Å².